The first kappa shape index (κ1) is 36.2. The number of fused-ring (bicyclic) bond motifs is 5. The molecular formula is C33H56O14. The van der Waals surface area contributed by atoms with E-state index in [2.05, 4.69) is 6.92 Å². The topological polar surface area (TPSA) is 239 Å². The summed E-state index contributed by atoms with van der Waals surface area (Å²) in [5.41, 5.74) is -2.63. The van der Waals surface area contributed by atoms with Gasteiger partial charge in [-0.2, -0.15) is 0 Å². The fourth-order valence-electron chi connectivity index (χ4n) is 11.0. The van der Waals surface area contributed by atoms with Gasteiger partial charge in [-0.15, -0.1) is 0 Å². The van der Waals surface area contributed by atoms with Crippen LogP contribution in [0, 0.1) is 34.5 Å². The second-order valence-corrected chi connectivity index (χ2v) is 16.0. The van der Waals surface area contributed by atoms with Gasteiger partial charge in [-0.1, -0.05) is 13.8 Å². The minimum atomic E-state index is -1.68. The van der Waals surface area contributed by atoms with E-state index >= 15 is 0 Å². The van der Waals surface area contributed by atoms with Gasteiger partial charge < -0.3 is 70.0 Å². The molecule has 0 aromatic carbocycles. The van der Waals surface area contributed by atoms with E-state index in [1.165, 1.54) is 0 Å². The monoisotopic (exact) mass is 676 g/mol. The van der Waals surface area contributed by atoms with E-state index in [1.54, 1.807) is 13.8 Å². The molecule has 10 N–H and O–H groups in total. The van der Waals surface area contributed by atoms with E-state index in [9.17, 15) is 51.1 Å². The zero-order chi connectivity index (χ0) is 34.4. The molecule has 0 bridgehead atoms. The van der Waals surface area contributed by atoms with Crippen molar-refractivity contribution in [2.24, 2.45) is 34.5 Å². The Morgan fingerprint density at radius 2 is 1.45 bits per heavy atom. The Morgan fingerprint density at radius 3 is 2.11 bits per heavy atom. The van der Waals surface area contributed by atoms with Crippen molar-refractivity contribution in [2.45, 2.75) is 164 Å². The van der Waals surface area contributed by atoms with Crippen LogP contribution in [-0.4, -0.2) is 149 Å². The molecule has 0 unspecified atom stereocenters. The van der Waals surface area contributed by atoms with E-state index < -0.39 is 103 Å². The lowest BCUT2D eigenvalue weighted by Crippen LogP contribution is -2.72. The summed E-state index contributed by atoms with van der Waals surface area (Å²) in [6, 6.07) is 0. The zero-order valence-corrected chi connectivity index (χ0v) is 27.7. The van der Waals surface area contributed by atoms with Crippen molar-refractivity contribution in [3.63, 3.8) is 0 Å². The van der Waals surface area contributed by atoms with Crippen LogP contribution in [-0.2, 0) is 18.9 Å². The number of aliphatic hydroxyl groups is 10. The summed E-state index contributed by atoms with van der Waals surface area (Å²) in [7, 11) is 0. The molecule has 0 amide bonds. The number of ether oxygens (including phenoxy) is 4. The summed E-state index contributed by atoms with van der Waals surface area (Å²) >= 11 is 0. The molecule has 6 aliphatic rings. The smallest absolute Gasteiger partial charge is 0.187 e. The van der Waals surface area contributed by atoms with Crippen molar-refractivity contribution in [2.75, 3.05) is 6.61 Å². The average Bonchev–Trinajstić information content (AvgIpc) is 3.32. The molecule has 0 spiro atoms. The number of rotatable bonds is 6. The van der Waals surface area contributed by atoms with Crippen LogP contribution in [0.4, 0.5) is 0 Å². The first-order valence-corrected chi connectivity index (χ1v) is 17.4. The van der Waals surface area contributed by atoms with Gasteiger partial charge in [0.1, 0.15) is 42.7 Å². The van der Waals surface area contributed by atoms with Crippen molar-refractivity contribution < 1.29 is 70.0 Å². The van der Waals surface area contributed by atoms with Crippen molar-refractivity contribution >= 4 is 0 Å². The maximum absolute atomic E-state index is 12.3. The SMILES string of the molecule is C[C@H](O)[C@@H]1CC[C@@]2(O)[C@H]3CC[C@@H]4C[C@@H](O[C@H]5O[C@@H](C)[C@@H](O[C@H]6O[C@@H](CO)[C@H](O)[C@H](O)[C@@H]6O)[C@H](O)[C@@H]5O)CC[C@@]4(C)[C@H]3[C@H](O)[C@H](O)[C@@]12C. The second-order valence-electron chi connectivity index (χ2n) is 16.0. The van der Waals surface area contributed by atoms with Crippen molar-refractivity contribution in [1.82, 2.24) is 0 Å². The molecule has 4 aliphatic carbocycles. The zero-order valence-electron chi connectivity index (χ0n) is 27.7. The summed E-state index contributed by atoms with van der Waals surface area (Å²) < 4.78 is 23.4. The Morgan fingerprint density at radius 1 is 0.787 bits per heavy atom. The molecule has 14 nitrogen and oxygen atoms in total. The second kappa shape index (κ2) is 12.9. The highest BCUT2D eigenvalue weighted by Crippen LogP contribution is 2.69. The number of hydrogen-bond acceptors (Lipinski definition) is 14. The lowest BCUT2D eigenvalue weighted by molar-refractivity contribution is -0.360. The normalized spacial score (nSPS) is 58.7. The standard InChI is InChI=1S/C33H56O14/c1-13(35)17-8-10-33(43)18-6-5-15-11-16(7-9-31(15,3)20(18)22(37)28(42)32(17,33)4)45-29-26(41)24(39)27(14(2)44-29)47-30-25(40)23(38)21(36)19(12-34)46-30/h13-30,34-43H,5-12H2,1-4H3/t13-,14-,15+,16-,17-,18-,19-,20+,21-,22-,23-,24+,25-,26-,27+,28-,29+,30+,31+,32+,33+/m0/s1. The van der Waals surface area contributed by atoms with E-state index in [4.69, 9.17) is 18.9 Å². The predicted octanol–water partition coefficient (Wildman–Crippen LogP) is -1.88. The third-order valence-electron chi connectivity index (χ3n) is 13.8. The molecule has 272 valence electrons. The number of aliphatic hydroxyl groups excluding tert-OH is 9. The summed E-state index contributed by atoms with van der Waals surface area (Å²) in [6.07, 6.45) is -13.0. The van der Waals surface area contributed by atoms with Crippen LogP contribution in [0.2, 0.25) is 0 Å². The van der Waals surface area contributed by atoms with E-state index in [0.29, 0.717) is 38.5 Å². The minimum Gasteiger partial charge on any atom is -0.394 e. The Balaban J connectivity index is 1.11. The first-order chi connectivity index (χ1) is 22.0. The van der Waals surface area contributed by atoms with Gasteiger partial charge in [-0.25, -0.2) is 0 Å². The highest BCUT2D eigenvalue weighted by molar-refractivity contribution is 5.22. The maximum Gasteiger partial charge on any atom is 0.187 e. The molecule has 0 aromatic heterocycles. The molecule has 4 saturated carbocycles. The molecule has 6 fully saturated rings. The van der Waals surface area contributed by atoms with Crippen LogP contribution in [0.5, 0.6) is 0 Å². The lowest BCUT2D eigenvalue weighted by Gasteiger charge is -2.66. The molecule has 2 aliphatic heterocycles. The predicted molar refractivity (Wildman–Crippen MR) is 161 cm³/mol. The van der Waals surface area contributed by atoms with Gasteiger partial charge in [-0.3, -0.25) is 0 Å². The summed E-state index contributed by atoms with van der Waals surface area (Å²) in [6.45, 7) is 6.59. The highest BCUT2D eigenvalue weighted by Gasteiger charge is 2.73. The molecule has 14 heteroatoms. The van der Waals surface area contributed by atoms with Crippen LogP contribution in [0.1, 0.15) is 72.6 Å². The van der Waals surface area contributed by atoms with Crippen LogP contribution in [0.25, 0.3) is 0 Å². The van der Waals surface area contributed by atoms with Crippen molar-refractivity contribution in [1.29, 1.82) is 0 Å². The van der Waals surface area contributed by atoms with Crippen LogP contribution >= 0.6 is 0 Å². The van der Waals surface area contributed by atoms with Gasteiger partial charge in [0.2, 0.25) is 0 Å². The molecule has 21 atom stereocenters. The largest absolute Gasteiger partial charge is 0.394 e. The van der Waals surface area contributed by atoms with Crippen LogP contribution in [0.15, 0.2) is 0 Å². The fraction of sp³-hybridized carbons (Fsp3) is 1.00. The highest BCUT2D eigenvalue weighted by atomic mass is 16.7. The van der Waals surface area contributed by atoms with Crippen LogP contribution < -0.4 is 0 Å². The summed E-state index contributed by atoms with van der Waals surface area (Å²) in [5, 5.41) is 108. The van der Waals surface area contributed by atoms with Gasteiger partial charge in [0.15, 0.2) is 12.6 Å². The van der Waals surface area contributed by atoms with Gasteiger partial charge in [0, 0.05) is 5.41 Å². The molecule has 2 heterocycles. The third-order valence-corrected chi connectivity index (χ3v) is 13.8. The molecule has 47 heavy (non-hydrogen) atoms. The molecule has 6 rings (SSSR count). The Kier molecular flexibility index (Phi) is 9.94. The summed E-state index contributed by atoms with van der Waals surface area (Å²) in [5.74, 6) is -0.804. The molecular weight excluding hydrogens is 620 g/mol. The Hall–Kier alpha value is -0.560. The molecule has 0 aromatic rings. The van der Waals surface area contributed by atoms with Crippen LogP contribution in [0.3, 0.4) is 0 Å². The number of hydrogen-bond donors (Lipinski definition) is 10. The maximum atomic E-state index is 12.3. The quantitative estimate of drug-likeness (QED) is 0.139. The minimum absolute atomic E-state index is 0.0941. The van der Waals surface area contributed by atoms with Gasteiger partial charge in [-0.05, 0) is 87.9 Å². The van der Waals surface area contributed by atoms with E-state index in [0.717, 1.165) is 6.42 Å². The Labute approximate surface area is 275 Å². The van der Waals surface area contributed by atoms with E-state index in [1.807, 2.05) is 6.92 Å². The third kappa shape index (κ3) is 5.45. The van der Waals surface area contributed by atoms with Gasteiger partial charge in [0.05, 0.1) is 42.7 Å². The van der Waals surface area contributed by atoms with Gasteiger partial charge >= 0.3 is 0 Å². The molecule has 0 radical (unpaired) electrons. The van der Waals surface area contributed by atoms with Crippen molar-refractivity contribution in [3.05, 3.63) is 0 Å². The fourth-order valence-corrected chi connectivity index (χ4v) is 11.0. The van der Waals surface area contributed by atoms with Gasteiger partial charge in [0.25, 0.3) is 0 Å². The van der Waals surface area contributed by atoms with Crippen molar-refractivity contribution in [3.8, 4) is 0 Å². The molecule has 2 saturated heterocycles. The van der Waals surface area contributed by atoms with E-state index in [-0.39, 0.29) is 29.8 Å². The summed E-state index contributed by atoms with van der Waals surface area (Å²) in [4.78, 5) is 0. The average molecular weight is 677 g/mol. The first-order valence-electron chi connectivity index (χ1n) is 17.4. The Bertz CT molecular complexity index is 1110. The lowest BCUT2D eigenvalue weighted by atomic mass is 9.41.